The van der Waals surface area contributed by atoms with Crippen LogP contribution in [0, 0.1) is 32.1 Å². The van der Waals surface area contributed by atoms with Crippen LogP contribution in [0.3, 0.4) is 0 Å². The number of methoxy groups -OCH3 is 2. The number of thioether (sulfide) groups is 1. The first-order valence-corrected chi connectivity index (χ1v) is 9.62. The Labute approximate surface area is 164 Å². The van der Waals surface area contributed by atoms with Crippen LogP contribution in [0.15, 0.2) is 17.2 Å². The zero-order valence-electron chi connectivity index (χ0n) is 16.5. The largest absolute Gasteiger partial charge is 0.383 e. The van der Waals surface area contributed by atoms with E-state index in [-0.39, 0.29) is 11.5 Å². The molecule has 0 bridgehead atoms. The van der Waals surface area contributed by atoms with Gasteiger partial charge in [-0.05, 0) is 38.5 Å². The highest BCUT2D eigenvalue weighted by Crippen LogP contribution is 2.26. The van der Waals surface area contributed by atoms with Crippen molar-refractivity contribution in [1.82, 2.24) is 9.55 Å². The smallest absolute Gasteiger partial charge is 0.174 e. The van der Waals surface area contributed by atoms with Crippen LogP contribution in [-0.2, 0) is 22.6 Å². The standard InChI is InChI=1S/C20H25N3O3S/c1-13-8-16(11-26-5)18(10-21)20(22-13)27-12-19(24)17-9-14(2)23(15(17)3)6-7-25-4/h8-9H,6-7,11-12H2,1-5H3. The van der Waals surface area contributed by atoms with Gasteiger partial charge in [0.1, 0.15) is 11.1 Å². The molecule has 0 aliphatic carbocycles. The van der Waals surface area contributed by atoms with Crippen LogP contribution in [0.1, 0.15) is 38.6 Å². The molecule has 0 fully saturated rings. The SMILES string of the molecule is COCCn1c(C)cc(C(=O)CSc2nc(C)cc(COC)c2C#N)c1C. The fourth-order valence-corrected chi connectivity index (χ4v) is 3.98. The van der Waals surface area contributed by atoms with Crippen molar-refractivity contribution in [2.45, 2.75) is 38.9 Å². The Balaban J connectivity index is 2.20. The Morgan fingerprint density at radius 2 is 2.00 bits per heavy atom. The van der Waals surface area contributed by atoms with Crippen LogP contribution >= 0.6 is 11.8 Å². The van der Waals surface area contributed by atoms with Crippen molar-refractivity contribution in [1.29, 1.82) is 5.26 Å². The fourth-order valence-electron chi connectivity index (χ4n) is 3.03. The molecule has 0 saturated carbocycles. The number of aryl methyl sites for hydroxylation is 2. The molecule has 0 saturated heterocycles. The molecule has 7 heteroatoms. The van der Waals surface area contributed by atoms with E-state index in [2.05, 4.69) is 15.6 Å². The van der Waals surface area contributed by atoms with Gasteiger partial charge in [-0.1, -0.05) is 11.8 Å². The number of nitrogens with zero attached hydrogens (tertiary/aromatic N) is 3. The number of carbonyl (C=O) groups excluding carboxylic acids is 1. The van der Waals surface area contributed by atoms with E-state index in [9.17, 15) is 10.1 Å². The normalized spacial score (nSPS) is 10.8. The monoisotopic (exact) mass is 387 g/mol. The molecule has 144 valence electrons. The first-order valence-electron chi connectivity index (χ1n) is 8.64. The van der Waals surface area contributed by atoms with E-state index in [0.717, 1.165) is 22.6 Å². The van der Waals surface area contributed by atoms with Gasteiger partial charge in [0.2, 0.25) is 0 Å². The third kappa shape index (κ3) is 4.98. The van der Waals surface area contributed by atoms with Crippen molar-refractivity contribution in [3.05, 3.63) is 45.9 Å². The van der Waals surface area contributed by atoms with Crippen molar-refractivity contribution < 1.29 is 14.3 Å². The topological polar surface area (TPSA) is 77.1 Å². The zero-order valence-corrected chi connectivity index (χ0v) is 17.3. The number of hydrogen-bond donors (Lipinski definition) is 0. The van der Waals surface area contributed by atoms with Crippen molar-refractivity contribution in [2.24, 2.45) is 0 Å². The molecule has 2 aromatic rings. The van der Waals surface area contributed by atoms with Crippen LogP contribution in [0.25, 0.3) is 0 Å². The molecule has 0 aliphatic heterocycles. The molecule has 2 heterocycles. The highest BCUT2D eigenvalue weighted by Gasteiger charge is 2.18. The average Bonchev–Trinajstić information content (AvgIpc) is 2.92. The van der Waals surface area contributed by atoms with Gasteiger partial charge in [0.15, 0.2) is 5.78 Å². The Bertz CT molecular complexity index is 868. The van der Waals surface area contributed by atoms with E-state index in [1.165, 1.54) is 11.8 Å². The number of pyridine rings is 1. The molecule has 0 radical (unpaired) electrons. The molecule has 0 spiro atoms. The highest BCUT2D eigenvalue weighted by atomic mass is 32.2. The first kappa shape index (κ1) is 21.2. The average molecular weight is 388 g/mol. The molecular formula is C20H25N3O3S. The molecule has 2 aromatic heterocycles. The summed E-state index contributed by atoms with van der Waals surface area (Å²) >= 11 is 1.30. The minimum absolute atomic E-state index is 0.0252. The van der Waals surface area contributed by atoms with Crippen LogP contribution in [0.2, 0.25) is 0 Å². The molecule has 6 nitrogen and oxygen atoms in total. The molecule has 0 aliphatic rings. The van der Waals surface area contributed by atoms with Crippen LogP contribution in [0.5, 0.6) is 0 Å². The van der Waals surface area contributed by atoms with Gasteiger partial charge < -0.3 is 14.0 Å². The van der Waals surface area contributed by atoms with E-state index >= 15 is 0 Å². The highest BCUT2D eigenvalue weighted by molar-refractivity contribution is 8.00. The maximum atomic E-state index is 12.8. The van der Waals surface area contributed by atoms with Gasteiger partial charge in [-0.3, -0.25) is 4.79 Å². The fraction of sp³-hybridized carbons (Fsp3) is 0.450. The van der Waals surface area contributed by atoms with E-state index in [0.29, 0.717) is 35.9 Å². The molecule has 0 amide bonds. The summed E-state index contributed by atoms with van der Waals surface area (Å²) in [5, 5.41) is 10.1. The third-order valence-electron chi connectivity index (χ3n) is 4.34. The number of hydrogen-bond acceptors (Lipinski definition) is 6. The summed E-state index contributed by atoms with van der Waals surface area (Å²) in [5.41, 5.74) is 4.75. The quantitative estimate of drug-likeness (QED) is 0.484. The van der Waals surface area contributed by atoms with E-state index in [1.54, 1.807) is 14.2 Å². The molecule has 2 rings (SSSR count). The van der Waals surface area contributed by atoms with Crippen molar-refractivity contribution in [3.8, 4) is 6.07 Å². The maximum Gasteiger partial charge on any atom is 0.174 e. The lowest BCUT2D eigenvalue weighted by molar-refractivity contribution is 0.102. The number of rotatable bonds is 9. The zero-order chi connectivity index (χ0) is 20.0. The van der Waals surface area contributed by atoms with Gasteiger partial charge in [-0.2, -0.15) is 5.26 Å². The molecule has 0 unspecified atom stereocenters. The van der Waals surface area contributed by atoms with Crippen LogP contribution < -0.4 is 0 Å². The van der Waals surface area contributed by atoms with Crippen LogP contribution in [0.4, 0.5) is 0 Å². The Morgan fingerprint density at radius 3 is 2.63 bits per heavy atom. The number of aromatic nitrogens is 2. The Morgan fingerprint density at radius 1 is 1.26 bits per heavy atom. The summed E-state index contributed by atoms with van der Waals surface area (Å²) in [6, 6.07) is 5.96. The lowest BCUT2D eigenvalue weighted by Crippen LogP contribution is -2.10. The van der Waals surface area contributed by atoms with Crippen LogP contribution in [-0.4, -0.2) is 41.9 Å². The van der Waals surface area contributed by atoms with E-state index in [4.69, 9.17) is 9.47 Å². The van der Waals surface area contributed by atoms with Gasteiger partial charge in [0, 0.05) is 43.4 Å². The van der Waals surface area contributed by atoms with Crippen molar-refractivity contribution in [2.75, 3.05) is 26.6 Å². The molecule has 27 heavy (non-hydrogen) atoms. The van der Waals surface area contributed by atoms with Crippen molar-refractivity contribution in [3.63, 3.8) is 0 Å². The van der Waals surface area contributed by atoms with Gasteiger partial charge in [0.05, 0.1) is 24.5 Å². The molecule has 0 atom stereocenters. The second kappa shape index (κ2) is 9.70. The number of nitriles is 1. The second-order valence-corrected chi connectivity index (χ2v) is 7.25. The summed E-state index contributed by atoms with van der Waals surface area (Å²) < 4.78 is 12.4. The number of carbonyl (C=O) groups is 1. The lowest BCUT2D eigenvalue weighted by Gasteiger charge is -2.10. The maximum absolute atomic E-state index is 12.8. The Kier molecular flexibility index (Phi) is 7.60. The number of Topliss-reactive ketones (excluding diaryl/α,β-unsaturated/α-hetero) is 1. The second-order valence-electron chi connectivity index (χ2n) is 6.29. The summed E-state index contributed by atoms with van der Waals surface area (Å²) in [6.07, 6.45) is 0. The van der Waals surface area contributed by atoms with Crippen molar-refractivity contribution >= 4 is 17.5 Å². The lowest BCUT2D eigenvalue weighted by atomic mass is 10.1. The minimum atomic E-state index is 0.0252. The summed E-state index contributed by atoms with van der Waals surface area (Å²) in [5.74, 6) is 0.254. The van der Waals surface area contributed by atoms with E-state index in [1.807, 2.05) is 32.9 Å². The number of ketones is 1. The van der Waals surface area contributed by atoms with Gasteiger partial charge in [-0.15, -0.1) is 0 Å². The predicted molar refractivity (Wildman–Crippen MR) is 105 cm³/mol. The third-order valence-corrected chi connectivity index (χ3v) is 5.32. The summed E-state index contributed by atoms with van der Waals surface area (Å²) in [7, 11) is 3.25. The van der Waals surface area contributed by atoms with Gasteiger partial charge in [0.25, 0.3) is 0 Å². The summed E-state index contributed by atoms with van der Waals surface area (Å²) in [6.45, 7) is 7.46. The predicted octanol–water partition coefficient (Wildman–Crippen LogP) is 3.45. The minimum Gasteiger partial charge on any atom is -0.383 e. The van der Waals surface area contributed by atoms with E-state index < -0.39 is 0 Å². The Hall–Kier alpha value is -2.14. The molecule has 0 aromatic carbocycles. The van der Waals surface area contributed by atoms with Gasteiger partial charge >= 0.3 is 0 Å². The molecular weight excluding hydrogens is 362 g/mol. The molecule has 0 N–H and O–H groups in total. The number of ether oxygens (including phenoxy) is 2. The summed E-state index contributed by atoms with van der Waals surface area (Å²) in [4.78, 5) is 17.2. The first-order chi connectivity index (χ1) is 12.9. The van der Waals surface area contributed by atoms with Gasteiger partial charge in [-0.25, -0.2) is 4.98 Å².